The summed E-state index contributed by atoms with van der Waals surface area (Å²) in [7, 11) is 3.40. The molecule has 3 heterocycles. The molecule has 6 fully saturated rings. The van der Waals surface area contributed by atoms with E-state index in [2.05, 4.69) is 10.2 Å². The Hall–Kier alpha value is -3.39. The Morgan fingerprint density at radius 2 is 1.55 bits per heavy atom. The number of nitrogens with zero attached hydrogens (tertiary/aromatic N) is 2. The van der Waals surface area contributed by atoms with Crippen LogP contribution in [0.5, 0.6) is 0 Å². The zero-order chi connectivity index (χ0) is 65.2. The largest absolute Gasteiger partial charge is 0.459 e. The summed E-state index contributed by atoms with van der Waals surface area (Å²) in [5.74, 6) is -7.01. The van der Waals surface area contributed by atoms with Gasteiger partial charge in [0.25, 0.3) is 5.91 Å². The van der Waals surface area contributed by atoms with E-state index in [1.54, 1.807) is 62.3 Å². The molecule has 88 heavy (non-hydrogen) atoms. The highest BCUT2D eigenvalue weighted by molar-refractivity contribution is 6.01. The Balaban J connectivity index is 1.07. The van der Waals surface area contributed by atoms with E-state index in [0.29, 0.717) is 13.0 Å². The number of cyclic esters (lactones) is 1. The van der Waals surface area contributed by atoms with Crippen molar-refractivity contribution < 1.29 is 87.3 Å². The molecule has 0 aromatic heterocycles. The van der Waals surface area contributed by atoms with Crippen LogP contribution in [-0.4, -0.2) is 211 Å². The Morgan fingerprint density at radius 1 is 0.875 bits per heavy atom. The smallest absolute Gasteiger partial charge is 0.311 e. The van der Waals surface area contributed by atoms with Crippen molar-refractivity contribution in [3.8, 4) is 0 Å². The zero-order valence-corrected chi connectivity index (χ0v) is 54.6. The third kappa shape index (κ3) is 12.8. The van der Waals surface area contributed by atoms with Crippen LogP contribution in [0.15, 0.2) is 54.1 Å². The predicted octanol–water partition coefficient (Wildman–Crippen LogP) is 5.64. The lowest BCUT2D eigenvalue weighted by molar-refractivity contribution is -0.318. The number of allylic oxidation sites excluding steroid dienone is 4. The summed E-state index contributed by atoms with van der Waals surface area (Å²) >= 11 is 0. The van der Waals surface area contributed by atoms with Crippen LogP contribution in [0.2, 0.25) is 0 Å². The van der Waals surface area contributed by atoms with Gasteiger partial charge in [-0.15, -0.1) is 0 Å². The van der Waals surface area contributed by atoms with Gasteiger partial charge in [-0.2, -0.15) is 0 Å². The maximum absolute atomic E-state index is 18.0. The summed E-state index contributed by atoms with van der Waals surface area (Å²) in [6.45, 7) is 22.9. The van der Waals surface area contributed by atoms with E-state index in [0.717, 1.165) is 11.6 Å². The molecule has 0 radical (unpaired) electrons. The number of benzene rings is 1. The number of ketones is 1. The van der Waals surface area contributed by atoms with Gasteiger partial charge in [-0.05, 0) is 148 Å². The van der Waals surface area contributed by atoms with Gasteiger partial charge in [-0.3, -0.25) is 24.2 Å². The van der Waals surface area contributed by atoms with Crippen LogP contribution in [-0.2, 0) is 49.3 Å². The summed E-state index contributed by atoms with van der Waals surface area (Å²) in [6.07, 6.45) is -10.3. The molecule has 1 aromatic rings. The van der Waals surface area contributed by atoms with Crippen molar-refractivity contribution in [2.45, 2.75) is 262 Å². The second-order valence-corrected chi connectivity index (χ2v) is 29.0. The summed E-state index contributed by atoms with van der Waals surface area (Å²) in [5.41, 5.74) is -11.5. The normalized spacial score (nSPS) is 48.1. The molecule has 0 spiro atoms. The molecule has 8 N–H and O–H groups in total. The minimum absolute atomic E-state index is 0.00456. The number of esters is 1. The second kappa shape index (κ2) is 26.5. The molecule has 8 rings (SSSR count). The summed E-state index contributed by atoms with van der Waals surface area (Å²) in [6, 6.07) is 8.56. The fraction of sp³-hybridized carbons (Fsp3) is 0.806. The molecular weight excluding hydrogens is 1140 g/mol. The second-order valence-electron chi connectivity index (χ2n) is 29.0. The fourth-order valence-corrected chi connectivity index (χ4v) is 17.5. The topological polar surface area (TPSA) is 267 Å². The standard InChI is InChI=1S/C67H105F2N3O16/c1-16-51-65(13,81)55(76)41(7)72(26-20-25-70-60(79)67(82)37(3)27-45-46-30-48(68)47-29-44(73)23-24-61(47,9)66(46,69)50(74)32-62(45,67)10)34-36(2)31-63(11,80)57(88-59-53(75)49(28-38(4)84-59)71(14)35-43-21-18-17-19-22-43)39(5)54(40(6)58(78)86-51)87-52-33-64(12,83-15)56(77)42(8)85-52/h17-19,21-24,29,36-42,45-46,48-57,59,74-77,80-82H,16,20,25-28,30-35H2,1-15H3,(H,70,79)/t36-,37-,38-,39-,40-,41-,42+,45?,46?,48+,49+,50+,51-,52?,53-,54+,55-,56+,57-,59?,61+,62+,63-,64-,65-,66+,67+/m1/s1. The van der Waals surface area contributed by atoms with Crippen molar-refractivity contribution in [1.29, 1.82) is 0 Å². The number of likely N-dealkylation sites (N-methyl/N-ethyl adjacent to an activating group) is 1. The van der Waals surface area contributed by atoms with Gasteiger partial charge in [-0.25, -0.2) is 8.78 Å². The van der Waals surface area contributed by atoms with Gasteiger partial charge in [0.05, 0.1) is 47.6 Å². The quantitative estimate of drug-likeness (QED) is 0.0827. The molecular formula is C67H105F2N3O16. The van der Waals surface area contributed by atoms with Crippen LogP contribution in [0.4, 0.5) is 8.78 Å². The van der Waals surface area contributed by atoms with Gasteiger partial charge in [0.2, 0.25) is 0 Å². The SMILES string of the molecule is CC[C@H]1OC(=O)[C@H](C)[C@@H](OC2C[C@@](C)(OC)[C@@H](O)[C@H](C)O2)[C@@H](C)[C@@H](OC2O[C@H](C)C[C@H](N(C)Cc3ccccc3)[C@H]2O)[C@](C)(O)C[C@@H](C)CN(CCCNC(=O)[C@@]2(O)[C@H](C)CC3C4C[C@H](F)C5=CC(=O)C=C[C@]5(C)[C@@]4(F)[C@@H](O)C[C@@]32C)[C@H](C)[C@@H](O)[C@]1(C)O. The molecule has 7 aliphatic rings. The number of amides is 1. The predicted molar refractivity (Wildman–Crippen MR) is 323 cm³/mol. The Labute approximate surface area is 519 Å². The number of nitrogens with one attached hydrogen (secondary N) is 1. The summed E-state index contributed by atoms with van der Waals surface area (Å²) in [4.78, 5) is 46.0. The molecule has 4 unspecified atom stereocenters. The Morgan fingerprint density at radius 3 is 2.19 bits per heavy atom. The van der Waals surface area contributed by atoms with Crippen molar-refractivity contribution >= 4 is 17.7 Å². The average molecular weight is 1250 g/mol. The molecule has 498 valence electrons. The van der Waals surface area contributed by atoms with Crippen LogP contribution in [0.25, 0.3) is 0 Å². The van der Waals surface area contributed by atoms with Crippen molar-refractivity contribution in [3.63, 3.8) is 0 Å². The minimum atomic E-state index is -2.39. The first-order valence-electron chi connectivity index (χ1n) is 32.3. The van der Waals surface area contributed by atoms with Crippen molar-refractivity contribution in [2.75, 3.05) is 33.8 Å². The van der Waals surface area contributed by atoms with Crippen LogP contribution in [0.1, 0.15) is 147 Å². The molecule has 1 aromatic carbocycles. The lowest BCUT2D eigenvalue weighted by atomic mass is 9.44. The highest BCUT2D eigenvalue weighted by Gasteiger charge is 2.77. The van der Waals surface area contributed by atoms with Gasteiger partial charge in [0.1, 0.15) is 36.2 Å². The number of hydrogen-bond donors (Lipinski definition) is 8. The van der Waals surface area contributed by atoms with Crippen molar-refractivity contribution in [1.82, 2.24) is 15.1 Å². The lowest BCUT2D eigenvalue weighted by Crippen LogP contribution is -2.71. The number of fused-ring (bicyclic) bond motifs is 5. The molecule has 21 heteroatoms. The molecule has 3 saturated heterocycles. The van der Waals surface area contributed by atoms with E-state index in [9.17, 15) is 50.1 Å². The number of methoxy groups -OCH3 is 1. The van der Waals surface area contributed by atoms with Crippen LogP contribution in [0, 0.1) is 46.3 Å². The van der Waals surface area contributed by atoms with Gasteiger partial charge < -0.3 is 69.5 Å². The van der Waals surface area contributed by atoms with Crippen LogP contribution < -0.4 is 5.32 Å². The number of aliphatic hydroxyl groups is 7. The van der Waals surface area contributed by atoms with Crippen LogP contribution in [0.3, 0.4) is 0 Å². The molecule has 0 bridgehead atoms. The first-order chi connectivity index (χ1) is 41.0. The molecule has 19 nitrogen and oxygen atoms in total. The highest BCUT2D eigenvalue weighted by Crippen LogP contribution is 2.71. The number of carbonyl (C=O) groups excluding carboxylic acids is 3. The number of carbonyl (C=O) groups is 3. The minimum Gasteiger partial charge on any atom is -0.459 e. The number of halogens is 2. The first kappa shape index (κ1) is 70.5. The molecule has 3 saturated carbocycles. The van der Waals surface area contributed by atoms with Crippen molar-refractivity contribution in [2.24, 2.45) is 46.3 Å². The molecule has 4 aliphatic carbocycles. The molecule has 3 aliphatic heterocycles. The third-order valence-corrected chi connectivity index (χ3v) is 22.7. The first-order valence-corrected chi connectivity index (χ1v) is 32.3. The average Bonchev–Trinajstić information content (AvgIpc) is 1.32. The van der Waals surface area contributed by atoms with Gasteiger partial charge in [-0.1, -0.05) is 71.0 Å². The maximum atomic E-state index is 18.0. The van der Waals surface area contributed by atoms with Crippen LogP contribution >= 0.6 is 0 Å². The number of aliphatic hydroxyl groups excluding tert-OH is 4. The lowest BCUT2D eigenvalue weighted by Gasteiger charge is -2.63. The van der Waals surface area contributed by atoms with E-state index in [-0.39, 0.29) is 70.2 Å². The van der Waals surface area contributed by atoms with E-state index < -0.39 is 178 Å². The Kier molecular flexibility index (Phi) is 21.3. The zero-order valence-electron chi connectivity index (χ0n) is 54.6. The van der Waals surface area contributed by atoms with E-state index in [4.69, 9.17) is 28.4 Å². The van der Waals surface area contributed by atoms with Crippen molar-refractivity contribution in [3.05, 3.63) is 59.7 Å². The molecule has 1 amide bonds. The van der Waals surface area contributed by atoms with Gasteiger partial charge in [0, 0.05) is 74.5 Å². The number of hydrogen-bond acceptors (Lipinski definition) is 18. The fourth-order valence-electron chi connectivity index (χ4n) is 17.5. The Bertz CT molecular complexity index is 2670. The number of ether oxygens (including phenoxy) is 6. The number of rotatable bonds is 14. The van der Waals surface area contributed by atoms with E-state index in [1.807, 2.05) is 56.1 Å². The third-order valence-electron chi connectivity index (χ3n) is 22.7. The summed E-state index contributed by atoms with van der Waals surface area (Å²) in [5, 5.41) is 89.3. The highest BCUT2D eigenvalue weighted by atomic mass is 19.1. The molecule has 27 atom stereocenters. The van der Waals surface area contributed by atoms with Gasteiger partial charge >= 0.3 is 5.97 Å². The summed E-state index contributed by atoms with van der Waals surface area (Å²) < 4.78 is 72.9. The van der Waals surface area contributed by atoms with E-state index in [1.165, 1.54) is 33.1 Å². The number of alkyl halides is 2. The van der Waals surface area contributed by atoms with E-state index >= 15 is 8.78 Å². The van der Waals surface area contributed by atoms with Gasteiger partial charge in [0.15, 0.2) is 29.6 Å². The maximum Gasteiger partial charge on any atom is 0.311 e. The monoisotopic (exact) mass is 1250 g/mol.